The standard InChI is InChI=1S/C15H23NO/c1-3-4-8-15(9-10-16(2)12-15)13-6-5-7-14(17)11-13/h5-7,11,17H,3-4,8-10,12H2,1-2H3. The highest BCUT2D eigenvalue weighted by Gasteiger charge is 2.37. The van der Waals surface area contributed by atoms with Crippen molar-refractivity contribution in [1.29, 1.82) is 0 Å². The van der Waals surface area contributed by atoms with Crippen molar-refractivity contribution in [3.05, 3.63) is 29.8 Å². The van der Waals surface area contributed by atoms with E-state index < -0.39 is 0 Å². The molecule has 0 aliphatic carbocycles. The molecular formula is C15H23NO. The third-order valence-electron chi connectivity index (χ3n) is 4.01. The van der Waals surface area contributed by atoms with E-state index in [9.17, 15) is 5.11 Å². The van der Waals surface area contributed by atoms with E-state index in [4.69, 9.17) is 0 Å². The lowest BCUT2D eigenvalue weighted by atomic mass is 9.75. The van der Waals surface area contributed by atoms with Gasteiger partial charge in [-0.3, -0.25) is 0 Å². The van der Waals surface area contributed by atoms with Crippen LogP contribution in [0.3, 0.4) is 0 Å². The zero-order valence-electron chi connectivity index (χ0n) is 10.9. The predicted octanol–water partition coefficient (Wildman–Crippen LogP) is 3.16. The van der Waals surface area contributed by atoms with Gasteiger partial charge in [0.25, 0.3) is 0 Å². The molecular weight excluding hydrogens is 210 g/mol. The van der Waals surface area contributed by atoms with E-state index in [0.717, 1.165) is 6.54 Å². The van der Waals surface area contributed by atoms with Crippen LogP contribution in [0.4, 0.5) is 0 Å². The third kappa shape index (κ3) is 2.63. The van der Waals surface area contributed by atoms with Crippen LogP contribution in [0, 0.1) is 0 Å². The van der Waals surface area contributed by atoms with Gasteiger partial charge in [-0.15, -0.1) is 0 Å². The Morgan fingerprint density at radius 2 is 2.24 bits per heavy atom. The maximum absolute atomic E-state index is 9.67. The van der Waals surface area contributed by atoms with Crippen LogP contribution in [0.1, 0.15) is 38.2 Å². The molecule has 0 aromatic heterocycles. The molecule has 0 amide bonds. The van der Waals surface area contributed by atoms with E-state index in [-0.39, 0.29) is 5.41 Å². The zero-order valence-corrected chi connectivity index (χ0v) is 10.9. The Kier molecular flexibility index (Phi) is 3.72. The van der Waals surface area contributed by atoms with Crippen molar-refractivity contribution in [2.75, 3.05) is 20.1 Å². The zero-order chi connectivity index (χ0) is 12.3. The first-order valence-electron chi connectivity index (χ1n) is 6.64. The topological polar surface area (TPSA) is 23.5 Å². The third-order valence-corrected chi connectivity index (χ3v) is 4.01. The lowest BCUT2D eigenvalue weighted by Gasteiger charge is -2.30. The molecule has 0 radical (unpaired) electrons. The summed E-state index contributed by atoms with van der Waals surface area (Å²) in [5, 5.41) is 9.67. The fraction of sp³-hybridized carbons (Fsp3) is 0.600. The molecule has 1 saturated heterocycles. The van der Waals surface area contributed by atoms with Crippen LogP contribution in [0.15, 0.2) is 24.3 Å². The number of hydrogen-bond donors (Lipinski definition) is 1. The molecule has 2 nitrogen and oxygen atoms in total. The molecule has 94 valence electrons. The minimum Gasteiger partial charge on any atom is -0.508 e. The van der Waals surface area contributed by atoms with Crippen molar-refractivity contribution in [3.8, 4) is 5.75 Å². The Bertz CT molecular complexity index is 377. The fourth-order valence-electron chi connectivity index (χ4n) is 3.01. The highest BCUT2D eigenvalue weighted by molar-refractivity contribution is 5.34. The van der Waals surface area contributed by atoms with Crippen LogP contribution in [0.25, 0.3) is 0 Å². The maximum Gasteiger partial charge on any atom is 0.115 e. The van der Waals surface area contributed by atoms with Crippen LogP contribution in [0.5, 0.6) is 5.75 Å². The summed E-state index contributed by atoms with van der Waals surface area (Å²) in [5.41, 5.74) is 1.58. The molecule has 17 heavy (non-hydrogen) atoms. The average molecular weight is 233 g/mol. The Hall–Kier alpha value is -1.02. The first kappa shape index (κ1) is 12.4. The molecule has 1 heterocycles. The van der Waals surface area contributed by atoms with Crippen molar-refractivity contribution >= 4 is 0 Å². The van der Waals surface area contributed by atoms with Gasteiger partial charge in [0.1, 0.15) is 5.75 Å². The second kappa shape index (κ2) is 5.09. The number of likely N-dealkylation sites (tertiary alicyclic amines) is 1. The highest BCUT2D eigenvalue weighted by atomic mass is 16.3. The van der Waals surface area contributed by atoms with Gasteiger partial charge >= 0.3 is 0 Å². The molecule has 0 bridgehead atoms. The van der Waals surface area contributed by atoms with E-state index in [1.807, 2.05) is 12.1 Å². The van der Waals surface area contributed by atoms with Gasteiger partial charge in [0.15, 0.2) is 0 Å². The molecule has 0 spiro atoms. The molecule has 1 aliphatic heterocycles. The van der Waals surface area contributed by atoms with Crippen molar-refractivity contribution in [2.45, 2.75) is 38.0 Å². The number of nitrogens with zero attached hydrogens (tertiary/aromatic N) is 1. The summed E-state index contributed by atoms with van der Waals surface area (Å²) < 4.78 is 0. The molecule has 2 rings (SSSR count). The van der Waals surface area contributed by atoms with E-state index in [0.29, 0.717) is 5.75 Å². The molecule has 1 aromatic rings. The summed E-state index contributed by atoms with van der Waals surface area (Å²) in [5.74, 6) is 0.396. The van der Waals surface area contributed by atoms with Gasteiger partial charge in [-0.1, -0.05) is 31.9 Å². The first-order valence-corrected chi connectivity index (χ1v) is 6.64. The number of benzene rings is 1. The van der Waals surface area contributed by atoms with Crippen LogP contribution in [-0.2, 0) is 5.41 Å². The van der Waals surface area contributed by atoms with Gasteiger partial charge in [-0.05, 0) is 44.1 Å². The number of phenolic OH excluding ortho intramolecular Hbond substituents is 1. The van der Waals surface area contributed by atoms with E-state index in [1.165, 1.54) is 37.8 Å². The quantitative estimate of drug-likeness (QED) is 0.863. The van der Waals surface area contributed by atoms with Crippen molar-refractivity contribution in [2.24, 2.45) is 0 Å². The van der Waals surface area contributed by atoms with Crippen molar-refractivity contribution in [1.82, 2.24) is 4.90 Å². The average Bonchev–Trinajstić information content (AvgIpc) is 2.70. The van der Waals surface area contributed by atoms with E-state index >= 15 is 0 Å². The Morgan fingerprint density at radius 1 is 1.41 bits per heavy atom. The van der Waals surface area contributed by atoms with Crippen LogP contribution >= 0.6 is 0 Å². The second-order valence-electron chi connectivity index (χ2n) is 5.42. The molecule has 0 saturated carbocycles. The number of rotatable bonds is 4. The Labute approximate surface area is 104 Å². The van der Waals surface area contributed by atoms with Gasteiger partial charge in [0.05, 0.1) is 0 Å². The molecule has 1 aliphatic rings. The van der Waals surface area contributed by atoms with Crippen LogP contribution in [-0.4, -0.2) is 30.1 Å². The molecule has 1 atom stereocenters. The summed E-state index contributed by atoms with van der Waals surface area (Å²) in [4.78, 5) is 2.40. The van der Waals surface area contributed by atoms with Crippen LogP contribution in [0.2, 0.25) is 0 Å². The lowest BCUT2D eigenvalue weighted by molar-refractivity contribution is 0.345. The van der Waals surface area contributed by atoms with Gasteiger partial charge in [0.2, 0.25) is 0 Å². The summed E-state index contributed by atoms with van der Waals surface area (Å²) in [6, 6.07) is 7.86. The largest absolute Gasteiger partial charge is 0.508 e. The Morgan fingerprint density at radius 3 is 2.82 bits per heavy atom. The normalized spacial score (nSPS) is 25.3. The molecule has 1 unspecified atom stereocenters. The van der Waals surface area contributed by atoms with Crippen molar-refractivity contribution in [3.63, 3.8) is 0 Å². The summed E-state index contributed by atoms with van der Waals surface area (Å²) in [7, 11) is 2.19. The maximum atomic E-state index is 9.67. The van der Waals surface area contributed by atoms with Gasteiger partial charge in [-0.2, -0.15) is 0 Å². The number of hydrogen-bond acceptors (Lipinski definition) is 2. The minimum atomic E-state index is 0.267. The lowest BCUT2D eigenvalue weighted by Crippen LogP contribution is -2.29. The fourth-order valence-corrected chi connectivity index (χ4v) is 3.01. The second-order valence-corrected chi connectivity index (χ2v) is 5.42. The van der Waals surface area contributed by atoms with Gasteiger partial charge < -0.3 is 10.0 Å². The Balaban J connectivity index is 2.27. The van der Waals surface area contributed by atoms with Gasteiger partial charge in [-0.25, -0.2) is 0 Å². The summed E-state index contributed by atoms with van der Waals surface area (Å²) in [6.07, 6.45) is 4.96. The number of aromatic hydroxyl groups is 1. The summed E-state index contributed by atoms with van der Waals surface area (Å²) in [6.45, 7) is 4.53. The monoisotopic (exact) mass is 233 g/mol. The number of unbranched alkanes of at least 4 members (excludes halogenated alkanes) is 1. The van der Waals surface area contributed by atoms with E-state index in [2.05, 4.69) is 24.9 Å². The molecule has 1 N–H and O–H groups in total. The first-order chi connectivity index (χ1) is 8.16. The highest BCUT2D eigenvalue weighted by Crippen LogP contribution is 2.39. The molecule has 2 heteroatoms. The minimum absolute atomic E-state index is 0.267. The van der Waals surface area contributed by atoms with Crippen LogP contribution < -0.4 is 0 Å². The van der Waals surface area contributed by atoms with Gasteiger partial charge in [0, 0.05) is 12.0 Å². The predicted molar refractivity (Wildman–Crippen MR) is 71.4 cm³/mol. The number of likely N-dealkylation sites (N-methyl/N-ethyl adjacent to an activating group) is 1. The summed E-state index contributed by atoms with van der Waals surface area (Å²) >= 11 is 0. The SMILES string of the molecule is CCCCC1(c2cccc(O)c2)CCN(C)C1. The number of phenols is 1. The molecule has 1 fully saturated rings. The van der Waals surface area contributed by atoms with E-state index in [1.54, 1.807) is 6.07 Å². The smallest absolute Gasteiger partial charge is 0.115 e. The van der Waals surface area contributed by atoms with Crippen molar-refractivity contribution < 1.29 is 5.11 Å². The molecule has 1 aromatic carbocycles.